The van der Waals surface area contributed by atoms with Crippen LogP contribution in [0.1, 0.15) is 25.5 Å². The Kier molecular flexibility index (Phi) is 5.39. The van der Waals surface area contributed by atoms with Gasteiger partial charge >= 0.3 is 0 Å². The molecule has 2 aliphatic heterocycles. The molecular weight excluding hydrogens is 358 g/mol. The molecule has 0 bridgehead atoms. The molecule has 0 aliphatic carbocycles. The van der Waals surface area contributed by atoms with Crippen molar-refractivity contribution in [1.82, 2.24) is 9.97 Å². The highest BCUT2D eigenvalue weighted by atomic mass is 35.5. The first-order valence-electron chi connectivity index (χ1n) is 9.94. The maximum Gasteiger partial charge on any atom is 0.227 e. The van der Waals surface area contributed by atoms with E-state index < -0.39 is 0 Å². The monoisotopic (exact) mass is 385 g/mol. The Morgan fingerprint density at radius 3 is 2.30 bits per heavy atom. The number of hydrogen-bond donors (Lipinski definition) is 0. The highest BCUT2D eigenvalue weighted by molar-refractivity contribution is 6.30. The molecule has 2 aliphatic rings. The number of piperidine rings is 1. The number of aryl methyl sites for hydroxylation is 1. The first-order valence-corrected chi connectivity index (χ1v) is 10.3. The van der Waals surface area contributed by atoms with E-state index in [4.69, 9.17) is 21.6 Å². The summed E-state index contributed by atoms with van der Waals surface area (Å²) in [6.45, 7) is 10.4. The zero-order valence-corrected chi connectivity index (χ0v) is 17.0. The molecule has 0 amide bonds. The van der Waals surface area contributed by atoms with Gasteiger partial charge in [0.1, 0.15) is 5.82 Å². The summed E-state index contributed by atoms with van der Waals surface area (Å²) >= 11 is 6.14. The zero-order valence-electron chi connectivity index (χ0n) is 16.2. The van der Waals surface area contributed by atoms with Gasteiger partial charge in [-0.1, -0.05) is 24.6 Å². The Hall–Kier alpha value is -2.01. The van der Waals surface area contributed by atoms with Gasteiger partial charge in [-0.15, -0.1) is 0 Å². The standard InChI is InChI=1S/C21H28ClN5/c1-16-6-8-26(9-7-16)20-14-17(2)23-21(24-20)27-12-10-25(11-13-27)19-5-3-4-18(22)15-19/h3-5,14-16H,6-13H2,1-2H3. The first-order chi connectivity index (χ1) is 13.1. The van der Waals surface area contributed by atoms with Crippen molar-refractivity contribution >= 4 is 29.1 Å². The van der Waals surface area contributed by atoms with Gasteiger partial charge in [-0.3, -0.25) is 0 Å². The highest BCUT2D eigenvalue weighted by Crippen LogP contribution is 2.25. The smallest absolute Gasteiger partial charge is 0.227 e. The summed E-state index contributed by atoms with van der Waals surface area (Å²) in [6.07, 6.45) is 2.49. The average Bonchev–Trinajstić information content (AvgIpc) is 2.68. The van der Waals surface area contributed by atoms with Crippen molar-refractivity contribution in [3.05, 3.63) is 41.0 Å². The zero-order chi connectivity index (χ0) is 18.8. The van der Waals surface area contributed by atoms with E-state index in [2.05, 4.69) is 40.7 Å². The van der Waals surface area contributed by atoms with Crippen molar-refractivity contribution in [3.63, 3.8) is 0 Å². The molecule has 6 heteroatoms. The van der Waals surface area contributed by atoms with Crippen LogP contribution >= 0.6 is 11.6 Å². The molecule has 27 heavy (non-hydrogen) atoms. The van der Waals surface area contributed by atoms with Crippen LogP contribution in [0.25, 0.3) is 0 Å². The molecular formula is C21H28ClN5. The largest absolute Gasteiger partial charge is 0.368 e. The van der Waals surface area contributed by atoms with Crippen LogP contribution in [0, 0.1) is 12.8 Å². The first kappa shape index (κ1) is 18.4. The molecule has 2 aromatic rings. The van der Waals surface area contributed by atoms with Gasteiger partial charge in [0.2, 0.25) is 5.95 Å². The minimum absolute atomic E-state index is 0.789. The van der Waals surface area contributed by atoms with E-state index in [1.807, 2.05) is 18.2 Å². The van der Waals surface area contributed by atoms with Crippen LogP contribution in [-0.4, -0.2) is 49.2 Å². The third-order valence-electron chi connectivity index (χ3n) is 5.67. The molecule has 4 rings (SSSR count). The van der Waals surface area contributed by atoms with Crippen LogP contribution in [0.5, 0.6) is 0 Å². The van der Waals surface area contributed by atoms with Gasteiger partial charge in [0.15, 0.2) is 0 Å². The molecule has 2 saturated heterocycles. The molecule has 1 aromatic heterocycles. The molecule has 0 atom stereocenters. The molecule has 2 fully saturated rings. The van der Waals surface area contributed by atoms with Crippen LogP contribution in [-0.2, 0) is 0 Å². The average molecular weight is 386 g/mol. The second-order valence-corrected chi connectivity index (χ2v) is 8.23. The molecule has 1 aromatic carbocycles. The summed E-state index contributed by atoms with van der Waals surface area (Å²) in [5.74, 6) is 2.78. The lowest BCUT2D eigenvalue weighted by Crippen LogP contribution is -2.47. The van der Waals surface area contributed by atoms with E-state index in [-0.39, 0.29) is 0 Å². The second kappa shape index (κ2) is 7.93. The molecule has 0 radical (unpaired) electrons. The van der Waals surface area contributed by atoms with Crippen LogP contribution in [0.4, 0.5) is 17.5 Å². The minimum Gasteiger partial charge on any atom is -0.368 e. The minimum atomic E-state index is 0.789. The topological polar surface area (TPSA) is 35.5 Å². The van der Waals surface area contributed by atoms with Gasteiger partial charge in [-0.2, -0.15) is 4.98 Å². The van der Waals surface area contributed by atoms with E-state index in [0.717, 1.165) is 67.7 Å². The molecule has 5 nitrogen and oxygen atoms in total. The maximum absolute atomic E-state index is 6.14. The van der Waals surface area contributed by atoms with E-state index in [1.165, 1.54) is 18.5 Å². The van der Waals surface area contributed by atoms with E-state index in [0.29, 0.717) is 0 Å². The molecule has 144 valence electrons. The van der Waals surface area contributed by atoms with E-state index in [9.17, 15) is 0 Å². The van der Waals surface area contributed by atoms with Gasteiger partial charge in [0.05, 0.1) is 0 Å². The Bertz CT molecular complexity index is 780. The fourth-order valence-electron chi connectivity index (χ4n) is 3.92. The van der Waals surface area contributed by atoms with Crippen molar-refractivity contribution in [1.29, 1.82) is 0 Å². The van der Waals surface area contributed by atoms with Gasteiger partial charge in [-0.05, 0) is 43.9 Å². The lowest BCUT2D eigenvalue weighted by Gasteiger charge is -2.37. The molecule has 3 heterocycles. The van der Waals surface area contributed by atoms with Crippen LogP contribution < -0.4 is 14.7 Å². The van der Waals surface area contributed by atoms with Crippen molar-refractivity contribution < 1.29 is 0 Å². The molecule has 0 N–H and O–H groups in total. The number of halogens is 1. The number of hydrogen-bond acceptors (Lipinski definition) is 5. The Balaban J connectivity index is 1.45. The summed E-state index contributed by atoms with van der Waals surface area (Å²) in [4.78, 5) is 16.8. The number of benzene rings is 1. The number of nitrogens with zero attached hydrogens (tertiary/aromatic N) is 5. The predicted molar refractivity (Wildman–Crippen MR) is 113 cm³/mol. The second-order valence-electron chi connectivity index (χ2n) is 7.79. The van der Waals surface area contributed by atoms with Gasteiger partial charge in [0.25, 0.3) is 0 Å². The maximum atomic E-state index is 6.14. The quantitative estimate of drug-likeness (QED) is 0.797. The van der Waals surface area contributed by atoms with Gasteiger partial charge in [0, 0.05) is 61.7 Å². The summed E-state index contributed by atoms with van der Waals surface area (Å²) in [5.41, 5.74) is 2.24. The normalized spacial score (nSPS) is 18.9. The van der Waals surface area contributed by atoms with Crippen molar-refractivity contribution in [2.24, 2.45) is 5.92 Å². The Morgan fingerprint density at radius 1 is 0.889 bits per heavy atom. The molecule has 0 unspecified atom stereocenters. The van der Waals surface area contributed by atoms with E-state index >= 15 is 0 Å². The predicted octanol–water partition coefficient (Wildman–Crippen LogP) is 4.00. The number of anilines is 3. The highest BCUT2D eigenvalue weighted by Gasteiger charge is 2.22. The SMILES string of the molecule is Cc1cc(N2CCC(C)CC2)nc(N2CCN(c3cccc(Cl)c3)CC2)n1. The third-order valence-corrected chi connectivity index (χ3v) is 5.91. The molecule has 0 spiro atoms. The lowest BCUT2D eigenvalue weighted by atomic mass is 9.99. The third kappa shape index (κ3) is 4.29. The fraction of sp³-hybridized carbons (Fsp3) is 0.524. The number of piperazine rings is 1. The fourth-order valence-corrected chi connectivity index (χ4v) is 4.10. The van der Waals surface area contributed by atoms with Crippen molar-refractivity contribution in [2.45, 2.75) is 26.7 Å². The number of aromatic nitrogens is 2. The Morgan fingerprint density at radius 2 is 1.59 bits per heavy atom. The summed E-state index contributed by atoms with van der Waals surface area (Å²) < 4.78 is 0. The van der Waals surface area contributed by atoms with Crippen molar-refractivity contribution in [3.8, 4) is 0 Å². The van der Waals surface area contributed by atoms with E-state index in [1.54, 1.807) is 0 Å². The van der Waals surface area contributed by atoms with Crippen LogP contribution in [0.15, 0.2) is 30.3 Å². The Labute approximate surface area is 167 Å². The summed E-state index contributed by atoms with van der Waals surface area (Å²) in [5, 5.41) is 0.789. The number of rotatable bonds is 3. The van der Waals surface area contributed by atoms with Crippen molar-refractivity contribution in [2.75, 3.05) is 54.0 Å². The van der Waals surface area contributed by atoms with Crippen LogP contribution in [0.3, 0.4) is 0 Å². The summed E-state index contributed by atoms with van der Waals surface area (Å²) in [7, 11) is 0. The van der Waals surface area contributed by atoms with Gasteiger partial charge < -0.3 is 14.7 Å². The van der Waals surface area contributed by atoms with Crippen LogP contribution in [0.2, 0.25) is 5.02 Å². The van der Waals surface area contributed by atoms with Gasteiger partial charge in [-0.25, -0.2) is 4.98 Å². The lowest BCUT2D eigenvalue weighted by molar-refractivity contribution is 0.436. The summed E-state index contributed by atoms with van der Waals surface area (Å²) in [6, 6.07) is 10.2. The molecule has 0 saturated carbocycles.